The summed E-state index contributed by atoms with van der Waals surface area (Å²) < 4.78 is 11.0. The number of urea groups is 1. The van der Waals surface area contributed by atoms with Gasteiger partial charge in [0.2, 0.25) is 11.8 Å². The van der Waals surface area contributed by atoms with Crippen LogP contribution < -0.4 is 10.6 Å². The Morgan fingerprint density at radius 2 is 2.12 bits per heavy atom. The van der Waals surface area contributed by atoms with E-state index in [1.807, 2.05) is 31.2 Å². The zero-order chi connectivity index (χ0) is 16.9. The van der Waals surface area contributed by atoms with Crippen molar-refractivity contribution in [3.8, 4) is 11.5 Å². The first-order valence-electron chi connectivity index (χ1n) is 8.25. The van der Waals surface area contributed by atoms with Gasteiger partial charge in [-0.3, -0.25) is 0 Å². The van der Waals surface area contributed by atoms with Crippen LogP contribution >= 0.6 is 0 Å². The van der Waals surface area contributed by atoms with Gasteiger partial charge in [-0.25, -0.2) is 4.79 Å². The van der Waals surface area contributed by atoms with E-state index in [0.717, 1.165) is 31.4 Å². The van der Waals surface area contributed by atoms with E-state index in [4.69, 9.17) is 9.15 Å². The number of hydrogen-bond acceptors (Lipinski definition) is 5. The minimum atomic E-state index is -0.223. The first-order valence-corrected chi connectivity index (χ1v) is 8.25. The van der Waals surface area contributed by atoms with Gasteiger partial charge in [-0.15, -0.1) is 10.2 Å². The number of ether oxygens (including phenoxy) is 1. The van der Waals surface area contributed by atoms with E-state index in [9.17, 15) is 4.79 Å². The summed E-state index contributed by atoms with van der Waals surface area (Å²) in [5, 5.41) is 13.6. The normalized spacial score (nSPS) is 18.3. The molecule has 3 rings (SSSR count). The molecular formula is C17H22N4O3. The van der Waals surface area contributed by atoms with Crippen LogP contribution in [0.25, 0.3) is 11.5 Å². The average molecular weight is 330 g/mol. The number of aryl methyl sites for hydroxylation is 1. The van der Waals surface area contributed by atoms with Crippen molar-refractivity contribution in [3.05, 3.63) is 30.2 Å². The van der Waals surface area contributed by atoms with E-state index in [1.165, 1.54) is 0 Å². The second-order valence-corrected chi connectivity index (χ2v) is 5.87. The SMILES string of the molecule is CC[C@@H](NC(=O)Nc1ccc(-c2nnc(C)o2)cc1)[C@@H]1CCCO1. The summed E-state index contributed by atoms with van der Waals surface area (Å²) in [5.41, 5.74) is 1.52. The predicted octanol–water partition coefficient (Wildman–Crippen LogP) is 3.12. The molecule has 0 aliphatic carbocycles. The summed E-state index contributed by atoms with van der Waals surface area (Å²) in [6.45, 7) is 4.57. The Bertz CT molecular complexity index is 677. The van der Waals surface area contributed by atoms with Crippen molar-refractivity contribution >= 4 is 11.7 Å². The summed E-state index contributed by atoms with van der Waals surface area (Å²) in [6, 6.07) is 7.09. The largest absolute Gasteiger partial charge is 0.421 e. The highest BCUT2D eigenvalue weighted by atomic mass is 16.5. The van der Waals surface area contributed by atoms with Crippen molar-refractivity contribution in [2.45, 2.75) is 45.3 Å². The fourth-order valence-electron chi connectivity index (χ4n) is 2.82. The number of rotatable bonds is 5. The van der Waals surface area contributed by atoms with Crippen molar-refractivity contribution in [3.63, 3.8) is 0 Å². The van der Waals surface area contributed by atoms with Crippen LogP contribution in [0.3, 0.4) is 0 Å². The van der Waals surface area contributed by atoms with Gasteiger partial charge in [-0.1, -0.05) is 6.92 Å². The van der Waals surface area contributed by atoms with Crippen LogP contribution in [0.2, 0.25) is 0 Å². The fourth-order valence-corrected chi connectivity index (χ4v) is 2.82. The summed E-state index contributed by atoms with van der Waals surface area (Å²) in [4.78, 5) is 12.2. The highest BCUT2D eigenvalue weighted by molar-refractivity contribution is 5.89. The zero-order valence-corrected chi connectivity index (χ0v) is 13.9. The maximum atomic E-state index is 12.2. The molecule has 1 saturated heterocycles. The molecule has 2 aromatic rings. The molecular weight excluding hydrogens is 308 g/mol. The molecule has 0 spiro atoms. The van der Waals surface area contributed by atoms with Gasteiger partial charge in [0.25, 0.3) is 0 Å². The highest BCUT2D eigenvalue weighted by Gasteiger charge is 2.25. The quantitative estimate of drug-likeness (QED) is 0.879. The van der Waals surface area contributed by atoms with Gasteiger partial charge in [-0.05, 0) is 43.5 Å². The molecule has 2 atom stereocenters. The Hall–Kier alpha value is -2.41. The topological polar surface area (TPSA) is 89.3 Å². The van der Waals surface area contributed by atoms with Crippen molar-refractivity contribution in [1.82, 2.24) is 15.5 Å². The molecule has 1 aromatic heterocycles. The van der Waals surface area contributed by atoms with Gasteiger partial charge in [0, 0.05) is 24.8 Å². The van der Waals surface area contributed by atoms with Crippen LogP contribution in [-0.2, 0) is 4.74 Å². The lowest BCUT2D eigenvalue weighted by Crippen LogP contribution is -2.44. The van der Waals surface area contributed by atoms with E-state index in [0.29, 0.717) is 17.5 Å². The molecule has 0 radical (unpaired) electrons. The smallest absolute Gasteiger partial charge is 0.319 e. The molecule has 24 heavy (non-hydrogen) atoms. The molecule has 2 amide bonds. The van der Waals surface area contributed by atoms with Crippen LogP contribution in [0, 0.1) is 6.92 Å². The van der Waals surface area contributed by atoms with Crippen LogP contribution in [0.15, 0.2) is 28.7 Å². The Balaban J connectivity index is 1.57. The predicted molar refractivity (Wildman–Crippen MR) is 89.7 cm³/mol. The molecule has 1 aromatic carbocycles. The van der Waals surface area contributed by atoms with Crippen molar-refractivity contribution in [1.29, 1.82) is 0 Å². The second-order valence-electron chi connectivity index (χ2n) is 5.87. The number of carbonyl (C=O) groups excluding carboxylic acids is 1. The summed E-state index contributed by atoms with van der Waals surface area (Å²) >= 11 is 0. The number of benzene rings is 1. The lowest BCUT2D eigenvalue weighted by atomic mass is 10.1. The van der Waals surface area contributed by atoms with Gasteiger partial charge in [0.15, 0.2) is 0 Å². The highest BCUT2D eigenvalue weighted by Crippen LogP contribution is 2.20. The molecule has 1 fully saturated rings. The monoisotopic (exact) mass is 330 g/mol. The maximum Gasteiger partial charge on any atom is 0.319 e. The standard InChI is InChI=1S/C17H22N4O3/c1-3-14(15-5-4-10-23-15)19-17(22)18-13-8-6-12(7-9-13)16-21-20-11(2)24-16/h6-9,14-15H,3-5,10H2,1-2H3,(H2,18,19,22)/t14-,15+/m1/s1. The van der Waals surface area contributed by atoms with Gasteiger partial charge in [0.1, 0.15) is 0 Å². The minimum Gasteiger partial charge on any atom is -0.421 e. The van der Waals surface area contributed by atoms with Gasteiger partial charge in [0.05, 0.1) is 12.1 Å². The van der Waals surface area contributed by atoms with Gasteiger partial charge >= 0.3 is 6.03 Å². The first-order chi connectivity index (χ1) is 11.7. The molecule has 0 unspecified atom stereocenters. The number of aromatic nitrogens is 2. The zero-order valence-electron chi connectivity index (χ0n) is 13.9. The van der Waals surface area contributed by atoms with Crippen molar-refractivity contribution in [2.75, 3.05) is 11.9 Å². The number of nitrogens with one attached hydrogen (secondary N) is 2. The van der Waals surface area contributed by atoms with Crippen LogP contribution in [0.4, 0.5) is 10.5 Å². The third-order valence-corrected chi connectivity index (χ3v) is 4.09. The van der Waals surface area contributed by atoms with E-state index in [1.54, 1.807) is 6.92 Å². The number of nitrogens with zero attached hydrogens (tertiary/aromatic N) is 2. The summed E-state index contributed by atoms with van der Waals surface area (Å²) in [6.07, 6.45) is 3.01. The van der Waals surface area contributed by atoms with E-state index >= 15 is 0 Å². The number of carbonyl (C=O) groups is 1. The van der Waals surface area contributed by atoms with Gasteiger partial charge in [-0.2, -0.15) is 0 Å². The maximum absolute atomic E-state index is 12.2. The van der Waals surface area contributed by atoms with E-state index in [-0.39, 0.29) is 18.2 Å². The third-order valence-electron chi connectivity index (χ3n) is 4.09. The van der Waals surface area contributed by atoms with Crippen LogP contribution in [0.1, 0.15) is 32.1 Å². The number of hydrogen-bond donors (Lipinski definition) is 2. The first kappa shape index (κ1) is 16.4. The lowest BCUT2D eigenvalue weighted by Gasteiger charge is -2.23. The molecule has 0 bridgehead atoms. The summed E-state index contributed by atoms with van der Waals surface area (Å²) in [5.74, 6) is 0.985. The van der Waals surface area contributed by atoms with Gasteiger partial charge < -0.3 is 19.8 Å². The molecule has 1 aliphatic rings. The Morgan fingerprint density at radius 3 is 2.71 bits per heavy atom. The Morgan fingerprint density at radius 1 is 1.33 bits per heavy atom. The van der Waals surface area contributed by atoms with E-state index in [2.05, 4.69) is 20.8 Å². The summed E-state index contributed by atoms with van der Waals surface area (Å²) in [7, 11) is 0. The lowest BCUT2D eigenvalue weighted by molar-refractivity contribution is 0.0804. The van der Waals surface area contributed by atoms with Crippen molar-refractivity contribution in [2.24, 2.45) is 0 Å². The van der Waals surface area contributed by atoms with Crippen LogP contribution in [-0.4, -0.2) is 35.0 Å². The molecule has 7 nitrogen and oxygen atoms in total. The molecule has 128 valence electrons. The fraction of sp³-hybridized carbons (Fsp3) is 0.471. The van der Waals surface area contributed by atoms with Crippen LogP contribution in [0.5, 0.6) is 0 Å². The molecule has 0 saturated carbocycles. The number of amides is 2. The molecule has 2 heterocycles. The number of anilines is 1. The average Bonchev–Trinajstić information content (AvgIpc) is 3.25. The Labute approximate surface area is 140 Å². The minimum absolute atomic E-state index is 0.0353. The second kappa shape index (κ2) is 7.44. The molecule has 2 N–H and O–H groups in total. The molecule has 1 aliphatic heterocycles. The third kappa shape index (κ3) is 3.91. The van der Waals surface area contributed by atoms with E-state index < -0.39 is 0 Å². The van der Waals surface area contributed by atoms with Crippen molar-refractivity contribution < 1.29 is 13.9 Å². The molecule has 7 heteroatoms. The Kier molecular flexibility index (Phi) is 5.10.